The van der Waals surface area contributed by atoms with E-state index in [0.717, 1.165) is 5.56 Å². The highest BCUT2D eigenvalue weighted by Crippen LogP contribution is 2.13. The largest absolute Gasteiger partial charge is 0.417 e. The van der Waals surface area contributed by atoms with Crippen LogP contribution in [0.2, 0.25) is 5.02 Å². The van der Waals surface area contributed by atoms with Crippen LogP contribution in [-0.2, 0) is 6.42 Å². The molecule has 0 saturated heterocycles. The zero-order valence-corrected chi connectivity index (χ0v) is 12.3. The summed E-state index contributed by atoms with van der Waals surface area (Å²) in [6.45, 7) is 0.495. The van der Waals surface area contributed by atoms with Crippen molar-refractivity contribution in [1.29, 1.82) is 0 Å². The van der Waals surface area contributed by atoms with Crippen LogP contribution >= 0.6 is 11.6 Å². The minimum atomic E-state index is -0.469. The van der Waals surface area contributed by atoms with Gasteiger partial charge >= 0.3 is 5.76 Å². The highest BCUT2D eigenvalue weighted by atomic mass is 35.5. The Bertz CT molecular complexity index is 865. The first-order chi connectivity index (χ1) is 10.6. The summed E-state index contributed by atoms with van der Waals surface area (Å²) in [5.41, 5.74) is 2.76. The van der Waals surface area contributed by atoms with Crippen LogP contribution < -0.4 is 11.1 Å². The molecule has 1 aromatic heterocycles. The molecule has 3 rings (SSSR count). The van der Waals surface area contributed by atoms with Gasteiger partial charge in [0.25, 0.3) is 5.91 Å². The van der Waals surface area contributed by atoms with Crippen LogP contribution in [0.4, 0.5) is 0 Å². The average molecular weight is 317 g/mol. The number of hydrogen-bond acceptors (Lipinski definition) is 3. The molecule has 0 radical (unpaired) electrons. The fourth-order valence-electron chi connectivity index (χ4n) is 2.18. The van der Waals surface area contributed by atoms with Gasteiger partial charge in [-0.25, -0.2) is 4.79 Å². The van der Waals surface area contributed by atoms with Crippen LogP contribution in [0.3, 0.4) is 0 Å². The average Bonchev–Trinajstić information content (AvgIpc) is 2.87. The maximum absolute atomic E-state index is 11.9. The molecule has 5 nitrogen and oxygen atoms in total. The number of carbonyl (C=O) groups excluding carboxylic acids is 1. The summed E-state index contributed by atoms with van der Waals surface area (Å²) in [6.07, 6.45) is 0.655. The molecule has 0 bridgehead atoms. The number of H-pyrrole nitrogens is 1. The Kier molecular flexibility index (Phi) is 3.98. The van der Waals surface area contributed by atoms with Crippen molar-refractivity contribution < 1.29 is 9.21 Å². The van der Waals surface area contributed by atoms with Crippen LogP contribution in [0.15, 0.2) is 51.7 Å². The predicted molar refractivity (Wildman–Crippen MR) is 84.3 cm³/mol. The topological polar surface area (TPSA) is 75.1 Å². The molecular weight excluding hydrogens is 304 g/mol. The van der Waals surface area contributed by atoms with E-state index in [-0.39, 0.29) is 5.91 Å². The smallest absolute Gasteiger partial charge is 0.408 e. The lowest BCUT2D eigenvalue weighted by Gasteiger charge is -2.05. The molecule has 0 atom stereocenters. The third-order valence-corrected chi connectivity index (χ3v) is 3.54. The molecule has 0 saturated carbocycles. The van der Waals surface area contributed by atoms with Gasteiger partial charge in [-0.05, 0) is 48.4 Å². The van der Waals surface area contributed by atoms with Crippen LogP contribution in [-0.4, -0.2) is 17.4 Å². The fourth-order valence-corrected chi connectivity index (χ4v) is 2.30. The Hall–Kier alpha value is -2.53. The quantitative estimate of drug-likeness (QED) is 0.777. The molecule has 3 aromatic rings. The first-order valence-corrected chi connectivity index (χ1v) is 7.15. The third-order valence-electron chi connectivity index (χ3n) is 3.29. The van der Waals surface area contributed by atoms with Gasteiger partial charge in [0, 0.05) is 17.1 Å². The van der Waals surface area contributed by atoms with Gasteiger partial charge in [-0.2, -0.15) is 0 Å². The number of oxazole rings is 1. The van der Waals surface area contributed by atoms with E-state index in [0.29, 0.717) is 34.7 Å². The number of nitrogens with one attached hydrogen (secondary N) is 2. The summed E-state index contributed by atoms with van der Waals surface area (Å²) < 4.78 is 4.94. The van der Waals surface area contributed by atoms with Crippen molar-refractivity contribution in [3.63, 3.8) is 0 Å². The van der Waals surface area contributed by atoms with E-state index in [1.165, 1.54) is 0 Å². The van der Waals surface area contributed by atoms with Crippen molar-refractivity contribution in [1.82, 2.24) is 10.3 Å². The maximum atomic E-state index is 11.9. The van der Waals surface area contributed by atoms with Gasteiger partial charge in [0.15, 0.2) is 5.58 Å². The summed E-state index contributed by atoms with van der Waals surface area (Å²) in [5.74, 6) is -0.613. The van der Waals surface area contributed by atoms with E-state index in [1.807, 2.05) is 12.1 Å². The fraction of sp³-hybridized carbons (Fsp3) is 0.125. The van der Waals surface area contributed by atoms with E-state index in [1.54, 1.807) is 30.3 Å². The highest BCUT2D eigenvalue weighted by Gasteiger charge is 2.06. The zero-order chi connectivity index (χ0) is 15.5. The van der Waals surface area contributed by atoms with Crippen molar-refractivity contribution in [2.45, 2.75) is 6.42 Å². The second-order valence-corrected chi connectivity index (χ2v) is 5.29. The summed E-state index contributed by atoms with van der Waals surface area (Å²) in [7, 11) is 0. The van der Waals surface area contributed by atoms with Gasteiger partial charge in [-0.3, -0.25) is 9.78 Å². The Morgan fingerprint density at radius 3 is 2.73 bits per heavy atom. The molecule has 6 heteroatoms. The van der Waals surface area contributed by atoms with Crippen LogP contribution in [0.5, 0.6) is 0 Å². The molecule has 1 heterocycles. The van der Waals surface area contributed by atoms with E-state index < -0.39 is 5.76 Å². The van der Waals surface area contributed by atoms with Gasteiger partial charge in [-0.15, -0.1) is 0 Å². The second-order valence-electron chi connectivity index (χ2n) is 4.86. The van der Waals surface area contributed by atoms with Crippen molar-refractivity contribution in [3.8, 4) is 0 Å². The number of halogens is 1. The minimum Gasteiger partial charge on any atom is -0.408 e. The Morgan fingerprint density at radius 1 is 1.18 bits per heavy atom. The predicted octanol–water partition coefficient (Wildman–Crippen LogP) is 2.75. The molecule has 112 valence electrons. The molecule has 0 aliphatic rings. The molecule has 0 aliphatic carbocycles. The first-order valence-electron chi connectivity index (χ1n) is 6.77. The molecule has 0 aliphatic heterocycles. The van der Waals surface area contributed by atoms with E-state index in [4.69, 9.17) is 16.0 Å². The van der Waals surface area contributed by atoms with Gasteiger partial charge in [-0.1, -0.05) is 17.7 Å². The number of rotatable bonds is 4. The second kappa shape index (κ2) is 6.07. The molecule has 0 spiro atoms. The van der Waals surface area contributed by atoms with Gasteiger partial charge in [0.05, 0.1) is 5.52 Å². The van der Waals surface area contributed by atoms with Gasteiger partial charge < -0.3 is 9.73 Å². The Labute approximate surface area is 130 Å². The molecule has 1 amide bonds. The normalized spacial score (nSPS) is 10.8. The van der Waals surface area contributed by atoms with Gasteiger partial charge in [0.1, 0.15) is 0 Å². The van der Waals surface area contributed by atoms with Crippen molar-refractivity contribution in [2.75, 3.05) is 6.54 Å². The Morgan fingerprint density at radius 2 is 1.95 bits per heavy atom. The summed E-state index contributed by atoms with van der Waals surface area (Å²) >= 11 is 5.79. The summed E-state index contributed by atoms with van der Waals surface area (Å²) in [5, 5.41) is 3.44. The summed E-state index contributed by atoms with van der Waals surface area (Å²) in [6, 6.07) is 12.2. The monoisotopic (exact) mass is 316 g/mol. The third kappa shape index (κ3) is 3.20. The van der Waals surface area contributed by atoms with E-state index in [9.17, 15) is 9.59 Å². The summed E-state index contributed by atoms with van der Waals surface area (Å²) in [4.78, 5) is 25.6. The van der Waals surface area contributed by atoms with Crippen molar-refractivity contribution in [3.05, 3.63) is 69.2 Å². The number of benzene rings is 2. The molecule has 0 unspecified atom stereocenters. The SMILES string of the molecule is O=C(NCCc1ccc2oc(=O)[nH]c2c1)c1ccc(Cl)cc1. The first kappa shape index (κ1) is 14.4. The molecule has 0 fully saturated rings. The van der Waals surface area contributed by atoms with Crippen LogP contribution in [0.1, 0.15) is 15.9 Å². The number of fused-ring (bicyclic) bond motifs is 1. The minimum absolute atomic E-state index is 0.144. The number of carbonyl (C=O) groups is 1. The maximum Gasteiger partial charge on any atom is 0.417 e. The standard InChI is InChI=1S/C16H13ClN2O3/c17-12-4-2-11(3-5-12)15(20)18-8-7-10-1-6-14-13(9-10)19-16(21)22-14/h1-6,9H,7-8H2,(H,18,20)(H,19,21). The highest BCUT2D eigenvalue weighted by molar-refractivity contribution is 6.30. The van der Waals surface area contributed by atoms with Crippen molar-refractivity contribution >= 4 is 28.6 Å². The lowest BCUT2D eigenvalue weighted by atomic mass is 10.1. The number of aromatic amines is 1. The number of amides is 1. The van der Waals surface area contributed by atoms with E-state index in [2.05, 4.69) is 10.3 Å². The molecular formula is C16H13ClN2O3. The van der Waals surface area contributed by atoms with Crippen LogP contribution in [0, 0.1) is 0 Å². The lowest BCUT2D eigenvalue weighted by molar-refractivity contribution is 0.0954. The molecule has 2 aromatic carbocycles. The lowest BCUT2D eigenvalue weighted by Crippen LogP contribution is -2.25. The van der Waals surface area contributed by atoms with E-state index >= 15 is 0 Å². The Balaban J connectivity index is 1.60. The number of hydrogen-bond donors (Lipinski definition) is 2. The molecule has 2 N–H and O–H groups in total. The van der Waals surface area contributed by atoms with Crippen molar-refractivity contribution in [2.24, 2.45) is 0 Å². The zero-order valence-electron chi connectivity index (χ0n) is 11.6. The van der Waals surface area contributed by atoms with Gasteiger partial charge in [0.2, 0.25) is 0 Å². The van der Waals surface area contributed by atoms with Crippen LogP contribution in [0.25, 0.3) is 11.1 Å². The number of aromatic nitrogens is 1. The molecule has 22 heavy (non-hydrogen) atoms.